The van der Waals surface area contributed by atoms with Crippen LogP contribution in [0.5, 0.6) is 0 Å². The number of rotatable bonds is 6. The molecule has 3 heterocycles. The van der Waals surface area contributed by atoms with Crippen LogP contribution < -0.4 is 0 Å². The van der Waals surface area contributed by atoms with E-state index in [1.54, 1.807) is 0 Å². The Morgan fingerprint density at radius 1 is 0.333 bits per heavy atom. The molecule has 0 saturated carbocycles. The lowest BCUT2D eigenvalue weighted by molar-refractivity contribution is 0.661. The van der Waals surface area contributed by atoms with Crippen LogP contribution in [0.3, 0.4) is 0 Å². The van der Waals surface area contributed by atoms with Gasteiger partial charge in [-0.3, -0.25) is 9.97 Å². The summed E-state index contributed by atoms with van der Waals surface area (Å²) >= 11 is 0. The van der Waals surface area contributed by atoms with Crippen molar-refractivity contribution < 1.29 is 0 Å². The van der Waals surface area contributed by atoms with E-state index in [1.165, 1.54) is 33.0 Å². The van der Waals surface area contributed by atoms with Gasteiger partial charge in [-0.15, -0.1) is 0 Å². The van der Waals surface area contributed by atoms with E-state index in [-0.39, 0.29) is 5.41 Å². The van der Waals surface area contributed by atoms with Crippen LogP contribution in [0.15, 0.2) is 200 Å². The molecule has 0 bridgehead atoms. The number of aromatic nitrogens is 5. The van der Waals surface area contributed by atoms with Gasteiger partial charge in [0.2, 0.25) is 0 Å². The molecule has 1 aliphatic rings. The van der Waals surface area contributed by atoms with Gasteiger partial charge in [-0.05, 0) is 103 Å². The van der Waals surface area contributed by atoms with Crippen LogP contribution in [-0.4, -0.2) is 24.9 Å². The quantitative estimate of drug-likeness (QED) is 0.157. The molecule has 0 unspecified atom stereocenters. The highest BCUT2D eigenvalue weighted by molar-refractivity contribution is 6.08. The van der Waals surface area contributed by atoms with Gasteiger partial charge in [0, 0.05) is 45.3 Å². The Morgan fingerprint density at radius 2 is 0.921 bits per heavy atom. The second kappa shape index (κ2) is 14.5. The van der Waals surface area contributed by atoms with E-state index in [4.69, 9.17) is 19.9 Å². The van der Waals surface area contributed by atoms with Crippen molar-refractivity contribution in [2.75, 3.05) is 0 Å². The van der Waals surface area contributed by atoms with Crippen molar-refractivity contribution in [2.24, 2.45) is 0 Å². The molecular formula is C58H39N5. The maximum Gasteiger partial charge on any atom is 0.164 e. The fourth-order valence-electron chi connectivity index (χ4n) is 9.56. The van der Waals surface area contributed by atoms with Crippen molar-refractivity contribution in [3.8, 4) is 78.7 Å². The SMILES string of the molecule is CC1(C)c2cc(-c3cc(-c4ccc(-c5ccnc6c5ccc5cccnc56)cc4)cc(-c4nc(-c5ccccc5)nc(-c5ccccc5)n4)c3)ccc2-c2c1ccc1ccccc21. The smallest absolute Gasteiger partial charge is 0.164 e. The van der Waals surface area contributed by atoms with E-state index in [0.29, 0.717) is 17.5 Å². The number of fused-ring (bicyclic) bond motifs is 8. The van der Waals surface area contributed by atoms with Gasteiger partial charge in [0.15, 0.2) is 17.5 Å². The molecule has 0 radical (unpaired) electrons. The molecule has 1 aliphatic carbocycles. The molecule has 0 saturated heterocycles. The van der Waals surface area contributed by atoms with Crippen molar-refractivity contribution in [1.82, 2.24) is 24.9 Å². The Kier molecular flexibility index (Phi) is 8.44. The number of hydrogen-bond donors (Lipinski definition) is 0. The van der Waals surface area contributed by atoms with Gasteiger partial charge in [-0.25, -0.2) is 15.0 Å². The molecule has 0 aliphatic heterocycles. The average Bonchev–Trinajstić information content (AvgIpc) is 3.59. The predicted molar refractivity (Wildman–Crippen MR) is 258 cm³/mol. The van der Waals surface area contributed by atoms with Crippen LogP contribution >= 0.6 is 0 Å². The van der Waals surface area contributed by atoms with Crippen molar-refractivity contribution in [3.05, 3.63) is 212 Å². The molecule has 11 aromatic rings. The highest BCUT2D eigenvalue weighted by Gasteiger charge is 2.36. The number of pyridine rings is 2. The maximum absolute atomic E-state index is 5.18. The third-order valence-electron chi connectivity index (χ3n) is 12.8. The van der Waals surface area contributed by atoms with Gasteiger partial charge in [0.05, 0.1) is 11.0 Å². The summed E-state index contributed by atoms with van der Waals surface area (Å²) < 4.78 is 0. The first-order valence-electron chi connectivity index (χ1n) is 21.4. The van der Waals surface area contributed by atoms with Crippen LogP contribution in [-0.2, 0) is 5.41 Å². The first-order chi connectivity index (χ1) is 31.0. The van der Waals surface area contributed by atoms with Crippen molar-refractivity contribution in [1.29, 1.82) is 0 Å². The Balaban J connectivity index is 1.03. The first kappa shape index (κ1) is 36.7. The fraction of sp³-hybridized carbons (Fsp3) is 0.0517. The van der Waals surface area contributed by atoms with Gasteiger partial charge in [0.1, 0.15) is 0 Å². The summed E-state index contributed by atoms with van der Waals surface area (Å²) in [6, 6.07) is 66.7. The maximum atomic E-state index is 5.18. The van der Waals surface area contributed by atoms with E-state index in [0.717, 1.165) is 71.9 Å². The molecule has 0 amide bonds. The minimum atomic E-state index is -0.177. The molecule has 63 heavy (non-hydrogen) atoms. The van der Waals surface area contributed by atoms with Crippen LogP contribution in [0.2, 0.25) is 0 Å². The second-order valence-corrected chi connectivity index (χ2v) is 16.9. The molecule has 0 atom stereocenters. The van der Waals surface area contributed by atoms with Crippen LogP contribution in [0, 0.1) is 0 Å². The third kappa shape index (κ3) is 6.20. The van der Waals surface area contributed by atoms with Crippen molar-refractivity contribution in [3.63, 3.8) is 0 Å². The molecule has 0 spiro atoms. The molecule has 5 heteroatoms. The average molecular weight is 806 g/mol. The monoisotopic (exact) mass is 805 g/mol. The van der Waals surface area contributed by atoms with Crippen molar-refractivity contribution in [2.45, 2.75) is 19.3 Å². The highest BCUT2D eigenvalue weighted by Crippen LogP contribution is 2.52. The molecule has 0 N–H and O–H groups in total. The Bertz CT molecular complexity index is 3520. The zero-order valence-corrected chi connectivity index (χ0v) is 34.8. The van der Waals surface area contributed by atoms with Gasteiger partial charge in [-0.1, -0.05) is 166 Å². The Hall–Kier alpha value is -8.15. The number of benzene rings is 8. The van der Waals surface area contributed by atoms with E-state index < -0.39 is 0 Å². The summed E-state index contributed by atoms with van der Waals surface area (Å²) in [6.45, 7) is 4.71. The van der Waals surface area contributed by atoms with Crippen LogP contribution in [0.1, 0.15) is 25.0 Å². The highest BCUT2D eigenvalue weighted by atomic mass is 15.0. The fourth-order valence-corrected chi connectivity index (χ4v) is 9.56. The van der Waals surface area contributed by atoms with Gasteiger partial charge < -0.3 is 0 Å². The zero-order valence-electron chi connectivity index (χ0n) is 34.8. The second-order valence-electron chi connectivity index (χ2n) is 16.9. The van der Waals surface area contributed by atoms with E-state index in [2.05, 4.69) is 164 Å². The summed E-state index contributed by atoms with van der Waals surface area (Å²) in [5, 5.41) is 4.71. The Morgan fingerprint density at radius 3 is 1.67 bits per heavy atom. The van der Waals surface area contributed by atoms with Gasteiger partial charge in [-0.2, -0.15) is 0 Å². The van der Waals surface area contributed by atoms with Crippen LogP contribution in [0.25, 0.3) is 111 Å². The normalized spacial score (nSPS) is 12.7. The summed E-state index contributed by atoms with van der Waals surface area (Å²) in [5.74, 6) is 1.88. The first-order valence-corrected chi connectivity index (χ1v) is 21.4. The standard InChI is InChI=1S/C58H39N5/c1-58(2)50-28-25-37-12-9-10-18-47(37)52(50)49-27-24-42(35-51(49)58)44-32-43(36-19-21-38(22-20-36)46-29-31-60-54-48(46)26-23-39-17-11-30-59-53(39)54)33-45(34-44)57-62-55(40-13-5-3-6-14-40)61-56(63-57)41-15-7-4-8-16-41/h3-35H,1-2H3. The molecule has 296 valence electrons. The van der Waals surface area contributed by atoms with Crippen LogP contribution in [0.4, 0.5) is 0 Å². The summed E-state index contributed by atoms with van der Waals surface area (Å²) in [7, 11) is 0. The van der Waals surface area contributed by atoms with Crippen molar-refractivity contribution >= 4 is 32.6 Å². The molecule has 3 aromatic heterocycles. The third-order valence-corrected chi connectivity index (χ3v) is 12.8. The lowest BCUT2D eigenvalue weighted by atomic mass is 9.81. The number of hydrogen-bond acceptors (Lipinski definition) is 5. The van der Waals surface area contributed by atoms with Gasteiger partial charge in [0.25, 0.3) is 0 Å². The lowest BCUT2D eigenvalue weighted by Crippen LogP contribution is -2.15. The Labute approximate surface area is 365 Å². The molecule has 0 fully saturated rings. The predicted octanol–water partition coefficient (Wildman–Crippen LogP) is 14.4. The zero-order chi connectivity index (χ0) is 42.1. The molecule has 5 nitrogen and oxygen atoms in total. The molecular weight excluding hydrogens is 767 g/mol. The minimum Gasteiger partial charge on any atom is -0.254 e. The lowest BCUT2D eigenvalue weighted by Gasteiger charge is -2.22. The summed E-state index contributed by atoms with van der Waals surface area (Å²) in [6.07, 6.45) is 3.72. The number of nitrogens with zero attached hydrogens (tertiary/aromatic N) is 5. The summed E-state index contributed by atoms with van der Waals surface area (Å²) in [5.41, 5.74) is 16.4. The molecule has 8 aromatic carbocycles. The minimum absolute atomic E-state index is 0.177. The molecule has 12 rings (SSSR count). The van der Waals surface area contributed by atoms with Gasteiger partial charge >= 0.3 is 0 Å². The topological polar surface area (TPSA) is 64.5 Å². The van der Waals surface area contributed by atoms with E-state index >= 15 is 0 Å². The summed E-state index contributed by atoms with van der Waals surface area (Å²) in [4.78, 5) is 24.8. The van der Waals surface area contributed by atoms with E-state index in [1.807, 2.05) is 54.9 Å². The largest absolute Gasteiger partial charge is 0.254 e. The van der Waals surface area contributed by atoms with E-state index in [9.17, 15) is 0 Å².